The largest absolute Gasteiger partial charge is 0.465 e. The number of nitrogens with zero attached hydrogens (tertiary/aromatic N) is 1. The highest BCUT2D eigenvalue weighted by molar-refractivity contribution is 14.1. The smallest absolute Gasteiger partial charge is 0.341 e. The van der Waals surface area contributed by atoms with Gasteiger partial charge in [-0.1, -0.05) is 0 Å². The Morgan fingerprint density at radius 3 is 2.67 bits per heavy atom. The summed E-state index contributed by atoms with van der Waals surface area (Å²) in [7, 11) is 1.21. The fourth-order valence-electron chi connectivity index (χ4n) is 0.898. The SMILES string of the molecule is COC(=O)c1c(Br)cc(C(F)F)nc1I. The van der Waals surface area contributed by atoms with E-state index in [-0.39, 0.29) is 19.4 Å². The van der Waals surface area contributed by atoms with Crippen LogP contribution in [0.2, 0.25) is 0 Å². The molecule has 0 bridgehead atoms. The van der Waals surface area contributed by atoms with E-state index in [4.69, 9.17) is 0 Å². The van der Waals surface area contributed by atoms with Gasteiger partial charge < -0.3 is 4.74 Å². The van der Waals surface area contributed by atoms with E-state index >= 15 is 0 Å². The molecule has 0 radical (unpaired) electrons. The van der Waals surface area contributed by atoms with Crippen LogP contribution in [0.25, 0.3) is 0 Å². The summed E-state index contributed by atoms with van der Waals surface area (Å²) in [5, 5.41) is 0. The van der Waals surface area contributed by atoms with Crippen molar-refractivity contribution in [3.8, 4) is 0 Å². The van der Waals surface area contributed by atoms with Crippen LogP contribution in [0.3, 0.4) is 0 Å². The lowest BCUT2D eigenvalue weighted by molar-refractivity contribution is 0.0597. The second-order valence-electron chi connectivity index (χ2n) is 2.49. The molecular weight excluding hydrogens is 387 g/mol. The van der Waals surface area contributed by atoms with Crippen molar-refractivity contribution in [3.05, 3.63) is 25.5 Å². The first kappa shape index (κ1) is 12.8. The molecule has 0 atom stereocenters. The van der Waals surface area contributed by atoms with Gasteiger partial charge in [-0.05, 0) is 44.6 Å². The van der Waals surface area contributed by atoms with Gasteiger partial charge in [0.15, 0.2) is 0 Å². The molecule has 0 spiro atoms. The number of carbonyl (C=O) groups excluding carboxylic acids is 1. The fraction of sp³-hybridized carbons (Fsp3) is 0.250. The lowest BCUT2D eigenvalue weighted by atomic mass is 10.2. The lowest BCUT2D eigenvalue weighted by Gasteiger charge is -2.07. The van der Waals surface area contributed by atoms with Gasteiger partial charge in [-0.2, -0.15) is 0 Å². The molecule has 0 aliphatic rings. The molecule has 0 amide bonds. The maximum absolute atomic E-state index is 12.3. The van der Waals surface area contributed by atoms with Crippen LogP contribution in [0.5, 0.6) is 0 Å². The quantitative estimate of drug-likeness (QED) is 0.441. The van der Waals surface area contributed by atoms with Gasteiger partial charge >= 0.3 is 5.97 Å². The number of alkyl halides is 2. The van der Waals surface area contributed by atoms with E-state index in [2.05, 4.69) is 25.7 Å². The van der Waals surface area contributed by atoms with Crippen molar-refractivity contribution in [3.63, 3.8) is 0 Å². The molecule has 0 saturated heterocycles. The Hall–Kier alpha value is -0.310. The molecule has 1 rings (SSSR count). The Bertz CT molecular complexity index is 377. The van der Waals surface area contributed by atoms with E-state index in [1.165, 1.54) is 7.11 Å². The first-order chi connectivity index (χ1) is 6.97. The molecule has 0 fully saturated rings. The zero-order valence-electron chi connectivity index (χ0n) is 7.43. The number of esters is 1. The average molecular weight is 392 g/mol. The molecule has 0 aromatic carbocycles. The molecule has 0 aliphatic carbocycles. The minimum Gasteiger partial charge on any atom is -0.465 e. The van der Waals surface area contributed by atoms with Crippen LogP contribution < -0.4 is 0 Å². The zero-order chi connectivity index (χ0) is 11.6. The summed E-state index contributed by atoms with van der Waals surface area (Å²) < 4.78 is 29.6. The van der Waals surface area contributed by atoms with Crippen LogP contribution in [0, 0.1) is 3.70 Å². The molecule has 1 aromatic rings. The molecule has 0 unspecified atom stereocenters. The van der Waals surface area contributed by atoms with Gasteiger partial charge in [0.2, 0.25) is 0 Å². The topological polar surface area (TPSA) is 39.2 Å². The third kappa shape index (κ3) is 2.83. The summed E-state index contributed by atoms with van der Waals surface area (Å²) in [6, 6.07) is 1.11. The fourth-order valence-corrected chi connectivity index (χ4v) is 2.64. The second-order valence-corrected chi connectivity index (χ2v) is 4.36. The van der Waals surface area contributed by atoms with Crippen molar-refractivity contribution in [1.82, 2.24) is 4.98 Å². The van der Waals surface area contributed by atoms with Crippen molar-refractivity contribution in [2.45, 2.75) is 6.43 Å². The number of methoxy groups -OCH3 is 1. The monoisotopic (exact) mass is 391 g/mol. The predicted molar refractivity (Wildman–Crippen MR) is 61.0 cm³/mol. The molecule has 7 heteroatoms. The Kier molecular flexibility index (Phi) is 4.38. The first-order valence-electron chi connectivity index (χ1n) is 3.69. The summed E-state index contributed by atoms with van der Waals surface area (Å²) in [6.07, 6.45) is -2.67. The number of hydrogen-bond acceptors (Lipinski definition) is 3. The maximum Gasteiger partial charge on any atom is 0.341 e. The number of aromatic nitrogens is 1. The predicted octanol–water partition coefficient (Wildman–Crippen LogP) is 3.17. The Morgan fingerprint density at radius 1 is 1.67 bits per heavy atom. The van der Waals surface area contributed by atoms with Gasteiger partial charge in [-0.15, -0.1) is 0 Å². The Morgan fingerprint density at radius 2 is 2.27 bits per heavy atom. The highest BCUT2D eigenvalue weighted by Gasteiger charge is 2.20. The van der Waals surface area contributed by atoms with Gasteiger partial charge in [-0.3, -0.25) is 0 Å². The van der Waals surface area contributed by atoms with E-state index in [0.29, 0.717) is 0 Å². The van der Waals surface area contributed by atoms with Crippen molar-refractivity contribution in [2.24, 2.45) is 0 Å². The standard InChI is InChI=1S/C8H5BrF2INO2/c1-15-8(14)5-3(9)2-4(6(10)11)13-7(5)12/h2,6H,1H3. The van der Waals surface area contributed by atoms with Crippen LogP contribution in [-0.4, -0.2) is 18.1 Å². The molecule has 0 N–H and O–H groups in total. The van der Waals surface area contributed by atoms with E-state index in [9.17, 15) is 13.6 Å². The Labute approximate surface area is 106 Å². The van der Waals surface area contributed by atoms with Crippen molar-refractivity contribution >= 4 is 44.5 Å². The summed E-state index contributed by atoms with van der Waals surface area (Å²) >= 11 is 4.74. The van der Waals surface area contributed by atoms with E-state index in [1.807, 2.05) is 0 Å². The van der Waals surface area contributed by atoms with Crippen LogP contribution in [-0.2, 0) is 4.74 Å². The van der Waals surface area contributed by atoms with Crippen molar-refractivity contribution < 1.29 is 18.3 Å². The summed E-state index contributed by atoms with van der Waals surface area (Å²) in [5.41, 5.74) is -0.221. The normalized spacial score (nSPS) is 10.5. The summed E-state index contributed by atoms with van der Waals surface area (Å²) in [5.74, 6) is -0.611. The number of ether oxygens (including phenoxy) is 1. The van der Waals surface area contributed by atoms with Crippen LogP contribution in [0.15, 0.2) is 10.5 Å². The molecule has 82 valence electrons. The molecule has 0 saturated carbocycles. The van der Waals surface area contributed by atoms with Gasteiger partial charge in [-0.25, -0.2) is 18.6 Å². The second kappa shape index (κ2) is 5.15. The molecule has 0 aliphatic heterocycles. The number of halogens is 4. The Balaban J connectivity index is 3.27. The number of carbonyl (C=O) groups is 1. The van der Waals surface area contributed by atoms with E-state index in [0.717, 1.165) is 6.07 Å². The third-order valence-electron chi connectivity index (χ3n) is 1.56. The highest BCUT2D eigenvalue weighted by atomic mass is 127. The number of pyridine rings is 1. The van der Waals surface area contributed by atoms with Crippen LogP contribution in [0.1, 0.15) is 22.5 Å². The maximum atomic E-state index is 12.3. The number of rotatable bonds is 2. The minimum absolute atomic E-state index is 0.155. The van der Waals surface area contributed by atoms with E-state index in [1.54, 1.807) is 22.6 Å². The molecule has 3 nitrogen and oxygen atoms in total. The first-order valence-corrected chi connectivity index (χ1v) is 5.57. The number of hydrogen-bond donors (Lipinski definition) is 0. The van der Waals surface area contributed by atoms with Gasteiger partial charge in [0.25, 0.3) is 6.43 Å². The summed E-state index contributed by atoms with van der Waals surface area (Å²) in [6.45, 7) is 0. The van der Waals surface area contributed by atoms with Crippen molar-refractivity contribution in [1.29, 1.82) is 0 Å². The van der Waals surface area contributed by atoms with Gasteiger partial charge in [0.05, 0.1) is 7.11 Å². The lowest BCUT2D eigenvalue weighted by Crippen LogP contribution is -2.08. The minimum atomic E-state index is -2.67. The molecular formula is C8H5BrF2INO2. The van der Waals surface area contributed by atoms with E-state index < -0.39 is 12.4 Å². The van der Waals surface area contributed by atoms with Crippen LogP contribution >= 0.6 is 38.5 Å². The zero-order valence-corrected chi connectivity index (χ0v) is 11.2. The molecule has 1 heterocycles. The van der Waals surface area contributed by atoms with Gasteiger partial charge in [0, 0.05) is 4.47 Å². The summed E-state index contributed by atoms with van der Waals surface area (Å²) in [4.78, 5) is 14.9. The van der Waals surface area contributed by atoms with Gasteiger partial charge in [0.1, 0.15) is 15.0 Å². The molecule has 15 heavy (non-hydrogen) atoms. The molecule has 1 aromatic heterocycles. The average Bonchev–Trinajstić information content (AvgIpc) is 2.16. The van der Waals surface area contributed by atoms with Crippen molar-refractivity contribution in [2.75, 3.05) is 7.11 Å². The third-order valence-corrected chi connectivity index (χ3v) is 2.97. The van der Waals surface area contributed by atoms with Crippen LogP contribution in [0.4, 0.5) is 8.78 Å². The highest BCUT2D eigenvalue weighted by Crippen LogP contribution is 2.27.